The molecule has 2 aliphatic rings. The minimum atomic E-state index is -1.04. The third kappa shape index (κ3) is 4.72. The molecule has 2 heterocycles. The number of rotatable bonds is 6. The summed E-state index contributed by atoms with van der Waals surface area (Å²) in [5.74, 6) is -1.33. The van der Waals surface area contributed by atoms with Gasteiger partial charge in [-0.15, -0.1) is 11.8 Å². The third-order valence-corrected chi connectivity index (χ3v) is 6.88. The van der Waals surface area contributed by atoms with Gasteiger partial charge in [-0.3, -0.25) is 9.59 Å². The van der Waals surface area contributed by atoms with Crippen LogP contribution in [0.5, 0.6) is 5.75 Å². The summed E-state index contributed by atoms with van der Waals surface area (Å²) in [4.78, 5) is 38.8. The Hall–Kier alpha value is -1.36. The Kier molecular flexibility index (Phi) is 7.55. The van der Waals surface area contributed by atoms with Crippen molar-refractivity contribution in [3.8, 4) is 5.75 Å². The van der Waals surface area contributed by atoms with Gasteiger partial charge in [0.15, 0.2) is 0 Å². The maximum Gasteiger partial charge on any atom is 1.00 e. The molecular weight excluding hydrogens is 443 g/mol. The molecule has 0 aliphatic carbocycles. The molecule has 0 saturated carbocycles. The van der Waals surface area contributed by atoms with Gasteiger partial charge in [-0.25, -0.2) is 4.79 Å². The Labute approximate surface area is 227 Å². The topological polar surface area (TPSA) is 95.9 Å². The summed E-state index contributed by atoms with van der Waals surface area (Å²) >= 11 is 1.39. The van der Waals surface area contributed by atoms with Crippen molar-refractivity contribution in [1.82, 2.24) is 10.2 Å². The van der Waals surface area contributed by atoms with Crippen molar-refractivity contribution >= 4 is 29.5 Å². The Balaban J connectivity index is 0.00000272. The smallest absolute Gasteiger partial charge is 0.480 e. The summed E-state index contributed by atoms with van der Waals surface area (Å²) < 4.78 is 5.29. The van der Waals surface area contributed by atoms with Crippen LogP contribution < -0.4 is 61.4 Å². The van der Waals surface area contributed by atoms with Gasteiger partial charge < -0.3 is 20.1 Å². The summed E-state index contributed by atoms with van der Waals surface area (Å²) in [5, 5.41) is 11.9. The van der Waals surface area contributed by atoms with Crippen molar-refractivity contribution in [2.24, 2.45) is 0 Å². The van der Waals surface area contributed by atoms with E-state index in [9.17, 15) is 19.5 Å². The molecule has 31 heavy (non-hydrogen) atoms. The van der Waals surface area contributed by atoms with E-state index in [0.29, 0.717) is 11.3 Å². The van der Waals surface area contributed by atoms with Gasteiger partial charge in [-0.2, -0.15) is 0 Å². The van der Waals surface area contributed by atoms with E-state index in [1.807, 2.05) is 36.4 Å². The first-order valence-electron chi connectivity index (χ1n) is 9.59. The minimum Gasteiger partial charge on any atom is -0.480 e. The number of aliphatic carboxylic acids is 1. The Morgan fingerprint density at radius 2 is 1.68 bits per heavy atom. The second kappa shape index (κ2) is 9.64. The van der Waals surface area contributed by atoms with E-state index in [2.05, 4.69) is 5.32 Å². The molecular formula is C22H22KN2O5S+. The summed E-state index contributed by atoms with van der Waals surface area (Å²) in [7, 11) is 0. The number of benzene rings is 2. The SMILES string of the molecule is CC1(C)S[C@@H]2[C@H](NC(=O)C(Oc3ccccc3)c3ccccc3)C(=O)N2[C@H]1C(=O)O.[K+]. The van der Waals surface area contributed by atoms with Crippen LogP contribution in [0.25, 0.3) is 0 Å². The number of carbonyl (C=O) groups excluding carboxylic acids is 2. The zero-order chi connectivity index (χ0) is 21.5. The van der Waals surface area contributed by atoms with Crippen LogP contribution >= 0.6 is 11.8 Å². The number of thioether (sulfide) groups is 1. The van der Waals surface area contributed by atoms with Crippen LogP contribution in [0.2, 0.25) is 0 Å². The van der Waals surface area contributed by atoms with E-state index in [1.165, 1.54) is 16.7 Å². The molecule has 2 amide bonds. The van der Waals surface area contributed by atoms with Crippen molar-refractivity contribution in [2.45, 2.75) is 42.2 Å². The first kappa shape index (κ1) is 24.3. The number of nitrogens with one attached hydrogen (secondary N) is 1. The van der Waals surface area contributed by atoms with Crippen molar-refractivity contribution < 1.29 is 75.6 Å². The fraction of sp³-hybridized carbons (Fsp3) is 0.318. The number of carbonyl (C=O) groups is 3. The average molecular weight is 466 g/mol. The summed E-state index contributed by atoms with van der Waals surface area (Å²) in [6.07, 6.45) is -0.940. The minimum absolute atomic E-state index is 0. The number of carboxylic acids is 1. The van der Waals surface area contributed by atoms with E-state index < -0.39 is 40.2 Å². The van der Waals surface area contributed by atoms with Gasteiger partial charge >= 0.3 is 57.4 Å². The van der Waals surface area contributed by atoms with Gasteiger partial charge in [-0.05, 0) is 26.0 Å². The fourth-order valence-corrected chi connectivity index (χ4v) is 5.54. The number of hydrogen-bond acceptors (Lipinski definition) is 5. The number of para-hydroxylation sites is 1. The quantitative estimate of drug-likeness (QED) is 0.439. The molecule has 7 nitrogen and oxygen atoms in total. The summed E-state index contributed by atoms with van der Waals surface area (Å²) in [6.45, 7) is 3.60. The average Bonchev–Trinajstić information content (AvgIpc) is 2.99. The standard InChI is InChI=1S/C22H22N2O5S.K/c1-22(2)17(21(27)28)24-19(26)15(20(24)30-22)23-18(25)16(13-9-5-3-6-10-13)29-14-11-7-4-8-12-14;/h3-12,15-17,20H,1-2H3,(H,23,25)(H,27,28);/q;+1/t15-,16?,17+,20-;/m1./s1. The van der Waals surface area contributed by atoms with Crippen LogP contribution in [0.15, 0.2) is 60.7 Å². The van der Waals surface area contributed by atoms with Gasteiger partial charge in [0.2, 0.25) is 12.0 Å². The number of amides is 2. The largest absolute Gasteiger partial charge is 1.00 e. The molecule has 2 aliphatic heterocycles. The molecule has 0 bridgehead atoms. The van der Waals surface area contributed by atoms with Crippen LogP contribution in [-0.2, 0) is 14.4 Å². The number of ether oxygens (including phenoxy) is 1. The number of hydrogen-bond donors (Lipinski definition) is 2. The normalized spacial score (nSPS) is 24.3. The van der Waals surface area contributed by atoms with Gasteiger partial charge in [-0.1, -0.05) is 48.5 Å². The molecule has 2 aromatic rings. The fourth-order valence-electron chi connectivity index (χ4n) is 3.91. The molecule has 156 valence electrons. The summed E-state index contributed by atoms with van der Waals surface area (Å²) in [6, 6.07) is 16.3. The molecule has 2 N–H and O–H groups in total. The number of nitrogens with zero attached hydrogens (tertiary/aromatic N) is 1. The maximum atomic E-state index is 13.1. The van der Waals surface area contributed by atoms with Gasteiger partial charge in [0.1, 0.15) is 23.2 Å². The van der Waals surface area contributed by atoms with Crippen LogP contribution in [0.3, 0.4) is 0 Å². The van der Waals surface area contributed by atoms with Crippen molar-refractivity contribution in [2.75, 3.05) is 0 Å². The van der Waals surface area contributed by atoms with Crippen LogP contribution in [0, 0.1) is 0 Å². The molecule has 0 radical (unpaired) electrons. The third-order valence-electron chi connectivity index (χ3n) is 5.31. The second-order valence-corrected chi connectivity index (χ2v) is 9.58. The molecule has 0 aromatic heterocycles. The number of carboxylic acid groups (broad SMARTS) is 1. The van der Waals surface area contributed by atoms with Crippen LogP contribution in [-0.4, -0.2) is 50.0 Å². The molecule has 2 fully saturated rings. The molecule has 9 heteroatoms. The second-order valence-electron chi connectivity index (χ2n) is 7.81. The zero-order valence-electron chi connectivity index (χ0n) is 17.5. The molecule has 0 spiro atoms. The molecule has 2 aromatic carbocycles. The predicted molar refractivity (Wildman–Crippen MR) is 112 cm³/mol. The molecule has 1 unspecified atom stereocenters. The van der Waals surface area contributed by atoms with E-state index in [1.54, 1.807) is 38.1 Å². The Bertz CT molecular complexity index is 972. The Morgan fingerprint density at radius 3 is 2.26 bits per heavy atom. The van der Waals surface area contributed by atoms with Gasteiger partial charge in [0.05, 0.1) is 0 Å². The van der Waals surface area contributed by atoms with E-state index in [-0.39, 0.29) is 57.3 Å². The van der Waals surface area contributed by atoms with Crippen molar-refractivity contribution in [3.63, 3.8) is 0 Å². The summed E-state index contributed by atoms with van der Waals surface area (Å²) in [5.41, 5.74) is 0.658. The van der Waals surface area contributed by atoms with E-state index in [4.69, 9.17) is 4.74 Å². The maximum absolute atomic E-state index is 13.1. The zero-order valence-corrected chi connectivity index (χ0v) is 21.5. The molecule has 4 atom stereocenters. The predicted octanol–water partition coefficient (Wildman–Crippen LogP) is -0.558. The van der Waals surface area contributed by atoms with Crippen molar-refractivity contribution in [1.29, 1.82) is 0 Å². The van der Waals surface area contributed by atoms with Crippen LogP contribution in [0.4, 0.5) is 0 Å². The number of fused-ring (bicyclic) bond motifs is 1. The molecule has 2 saturated heterocycles. The first-order chi connectivity index (χ1) is 14.3. The number of β-lactam (4-membered cyclic amide) rings is 1. The van der Waals surface area contributed by atoms with E-state index >= 15 is 0 Å². The van der Waals surface area contributed by atoms with Crippen LogP contribution in [0.1, 0.15) is 25.5 Å². The Morgan fingerprint density at radius 1 is 1.10 bits per heavy atom. The van der Waals surface area contributed by atoms with Gasteiger partial charge in [0, 0.05) is 10.3 Å². The first-order valence-corrected chi connectivity index (χ1v) is 10.5. The van der Waals surface area contributed by atoms with E-state index in [0.717, 1.165) is 0 Å². The van der Waals surface area contributed by atoms with Gasteiger partial charge in [0.25, 0.3) is 5.91 Å². The van der Waals surface area contributed by atoms with Crippen molar-refractivity contribution in [3.05, 3.63) is 66.2 Å². The molecule has 4 rings (SSSR count). The monoisotopic (exact) mass is 465 g/mol.